The van der Waals surface area contributed by atoms with Crippen molar-refractivity contribution in [2.75, 3.05) is 0 Å². The fourth-order valence-electron chi connectivity index (χ4n) is 0.942. The zero-order valence-electron chi connectivity index (χ0n) is 7.00. The molecular weight excluding hydrogens is 140 g/mol. The molecule has 0 aliphatic rings. The van der Waals surface area contributed by atoms with Crippen LogP contribution in [0.3, 0.4) is 0 Å². The van der Waals surface area contributed by atoms with Crippen molar-refractivity contribution in [3.05, 3.63) is 17.5 Å². The van der Waals surface area contributed by atoms with E-state index in [0.29, 0.717) is 0 Å². The van der Waals surface area contributed by atoms with Gasteiger partial charge in [0.1, 0.15) is 5.76 Å². The van der Waals surface area contributed by atoms with Crippen molar-refractivity contribution in [2.45, 2.75) is 32.7 Å². The molecular formula is C8H14N2O. The fraction of sp³-hybridized carbons (Fsp3) is 0.625. The Morgan fingerprint density at radius 2 is 2.45 bits per heavy atom. The van der Waals surface area contributed by atoms with E-state index in [2.05, 4.69) is 5.16 Å². The third-order valence-corrected chi connectivity index (χ3v) is 1.72. The maximum Gasteiger partial charge on any atom is 0.136 e. The van der Waals surface area contributed by atoms with Gasteiger partial charge in [0.25, 0.3) is 0 Å². The van der Waals surface area contributed by atoms with Crippen LogP contribution in [0.25, 0.3) is 0 Å². The minimum atomic E-state index is 0.254. The fourth-order valence-corrected chi connectivity index (χ4v) is 0.942. The van der Waals surface area contributed by atoms with E-state index < -0.39 is 0 Å². The molecule has 1 atom stereocenters. The van der Waals surface area contributed by atoms with Gasteiger partial charge in [-0.3, -0.25) is 0 Å². The van der Waals surface area contributed by atoms with Crippen LogP contribution in [-0.2, 0) is 6.42 Å². The van der Waals surface area contributed by atoms with Crippen LogP contribution in [0.4, 0.5) is 0 Å². The second-order valence-electron chi connectivity index (χ2n) is 2.92. The Hall–Kier alpha value is -0.830. The molecule has 0 bridgehead atoms. The Morgan fingerprint density at radius 1 is 1.73 bits per heavy atom. The predicted molar refractivity (Wildman–Crippen MR) is 43.2 cm³/mol. The van der Waals surface area contributed by atoms with Gasteiger partial charge in [-0.25, -0.2) is 0 Å². The van der Waals surface area contributed by atoms with Gasteiger partial charge in [-0.2, -0.15) is 0 Å². The standard InChI is InChI=1S/C8H14N2O/c1-6(9)3-4-8-5-10-11-7(8)2/h5-6H,3-4,9H2,1-2H3. The molecule has 3 heteroatoms. The van der Waals surface area contributed by atoms with E-state index in [1.807, 2.05) is 13.8 Å². The summed E-state index contributed by atoms with van der Waals surface area (Å²) in [6.07, 6.45) is 3.72. The van der Waals surface area contributed by atoms with Crippen LogP contribution >= 0.6 is 0 Å². The first-order valence-corrected chi connectivity index (χ1v) is 3.86. The number of nitrogens with zero attached hydrogens (tertiary/aromatic N) is 1. The number of hydrogen-bond acceptors (Lipinski definition) is 3. The molecule has 1 aromatic heterocycles. The Morgan fingerprint density at radius 3 is 2.91 bits per heavy atom. The molecule has 1 heterocycles. The molecule has 62 valence electrons. The first-order chi connectivity index (χ1) is 5.20. The third kappa shape index (κ3) is 2.35. The normalized spacial score (nSPS) is 13.4. The second kappa shape index (κ2) is 3.53. The lowest BCUT2D eigenvalue weighted by molar-refractivity contribution is 0.396. The molecule has 2 N–H and O–H groups in total. The summed E-state index contributed by atoms with van der Waals surface area (Å²) >= 11 is 0. The summed E-state index contributed by atoms with van der Waals surface area (Å²) in [4.78, 5) is 0. The van der Waals surface area contributed by atoms with Crippen molar-refractivity contribution in [1.29, 1.82) is 0 Å². The molecule has 0 spiro atoms. The van der Waals surface area contributed by atoms with Gasteiger partial charge in [0.2, 0.25) is 0 Å². The second-order valence-corrected chi connectivity index (χ2v) is 2.92. The molecule has 11 heavy (non-hydrogen) atoms. The minimum absolute atomic E-state index is 0.254. The van der Waals surface area contributed by atoms with Crippen LogP contribution < -0.4 is 5.73 Å². The summed E-state index contributed by atoms with van der Waals surface area (Å²) < 4.78 is 4.91. The lowest BCUT2D eigenvalue weighted by Crippen LogP contribution is -2.15. The Labute approximate surface area is 66.6 Å². The van der Waals surface area contributed by atoms with E-state index in [4.69, 9.17) is 10.3 Å². The molecule has 1 aromatic rings. The minimum Gasteiger partial charge on any atom is -0.361 e. The average molecular weight is 154 g/mol. The van der Waals surface area contributed by atoms with Crippen LogP contribution in [0, 0.1) is 6.92 Å². The van der Waals surface area contributed by atoms with Crippen molar-refractivity contribution in [3.63, 3.8) is 0 Å². The van der Waals surface area contributed by atoms with Gasteiger partial charge in [-0.05, 0) is 26.7 Å². The molecule has 0 radical (unpaired) electrons. The van der Waals surface area contributed by atoms with Crippen molar-refractivity contribution >= 4 is 0 Å². The summed E-state index contributed by atoms with van der Waals surface area (Å²) in [6, 6.07) is 0.254. The largest absolute Gasteiger partial charge is 0.361 e. The summed E-state index contributed by atoms with van der Waals surface area (Å²) in [5, 5.41) is 3.68. The molecule has 0 aliphatic carbocycles. The molecule has 0 aromatic carbocycles. The first kappa shape index (κ1) is 8.27. The van der Waals surface area contributed by atoms with E-state index >= 15 is 0 Å². The SMILES string of the molecule is Cc1oncc1CCC(C)N. The highest BCUT2D eigenvalue weighted by Crippen LogP contribution is 2.08. The molecule has 3 nitrogen and oxygen atoms in total. The summed E-state index contributed by atoms with van der Waals surface area (Å²) in [5.74, 6) is 0.908. The highest BCUT2D eigenvalue weighted by atomic mass is 16.5. The predicted octanol–water partition coefficient (Wildman–Crippen LogP) is 1.26. The van der Waals surface area contributed by atoms with Gasteiger partial charge >= 0.3 is 0 Å². The average Bonchev–Trinajstić information content (AvgIpc) is 2.31. The van der Waals surface area contributed by atoms with Crippen molar-refractivity contribution in [2.24, 2.45) is 5.73 Å². The lowest BCUT2D eigenvalue weighted by atomic mass is 10.1. The number of hydrogen-bond donors (Lipinski definition) is 1. The quantitative estimate of drug-likeness (QED) is 0.713. The first-order valence-electron chi connectivity index (χ1n) is 3.86. The highest BCUT2D eigenvalue weighted by Gasteiger charge is 2.03. The van der Waals surface area contributed by atoms with Crippen LogP contribution in [-0.4, -0.2) is 11.2 Å². The number of rotatable bonds is 3. The molecule has 1 rings (SSSR count). The van der Waals surface area contributed by atoms with E-state index in [0.717, 1.165) is 18.6 Å². The van der Waals surface area contributed by atoms with Crippen LogP contribution in [0.5, 0.6) is 0 Å². The monoisotopic (exact) mass is 154 g/mol. The molecule has 0 saturated carbocycles. The summed E-state index contributed by atoms with van der Waals surface area (Å²) in [5.41, 5.74) is 6.78. The molecule has 0 fully saturated rings. The van der Waals surface area contributed by atoms with Gasteiger partial charge in [0.15, 0.2) is 0 Å². The van der Waals surface area contributed by atoms with E-state index in [9.17, 15) is 0 Å². The van der Waals surface area contributed by atoms with Crippen LogP contribution in [0.15, 0.2) is 10.7 Å². The summed E-state index contributed by atoms with van der Waals surface area (Å²) in [7, 11) is 0. The van der Waals surface area contributed by atoms with Gasteiger partial charge in [-0.1, -0.05) is 5.16 Å². The number of aryl methyl sites for hydroxylation is 2. The van der Waals surface area contributed by atoms with Gasteiger partial charge in [0, 0.05) is 11.6 Å². The van der Waals surface area contributed by atoms with Gasteiger partial charge in [0.05, 0.1) is 6.20 Å². The summed E-state index contributed by atoms with van der Waals surface area (Å²) in [6.45, 7) is 3.92. The number of nitrogens with two attached hydrogens (primary N) is 1. The number of aromatic nitrogens is 1. The van der Waals surface area contributed by atoms with Crippen molar-refractivity contribution in [3.8, 4) is 0 Å². The Kier molecular flexibility index (Phi) is 2.65. The molecule has 0 aliphatic heterocycles. The lowest BCUT2D eigenvalue weighted by Gasteiger charge is -2.01. The zero-order chi connectivity index (χ0) is 8.27. The van der Waals surface area contributed by atoms with E-state index in [-0.39, 0.29) is 6.04 Å². The molecule has 1 unspecified atom stereocenters. The van der Waals surface area contributed by atoms with Crippen molar-refractivity contribution in [1.82, 2.24) is 5.16 Å². The third-order valence-electron chi connectivity index (χ3n) is 1.72. The molecule has 0 amide bonds. The van der Waals surface area contributed by atoms with Gasteiger partial charge in [-0.15, -0.1) is 0 Å². The van der Waals surface area contributed by atoms with Crippen LogP contribution in [0.1, 0.15) is 24.7 Å². The highest BCUT2D eigenvalue weighted by molar-refractivity contribution is 5.11. The van der Waals surface area contributed by atoms with E-state index in [1.54, 1.807) is 6.20 Å². The zero-order valence-corrected chi connectivity index (χ0v) is 7.00. The maximum atomic E-state index is 5.61. The van der Waals surface area contributed by atoms with Gasteiger partial charge < -0.3 is 10.3 Å². The van der Waals surface area contributed by atoms with Crippen LogP contribution in [0.2, 0.25) is 0 Å². The Bertz CT molecular complexity index is 218. The smallest absolute Gasteiger partial charge is 0.136 e. The topological polar surface area (TPSA) is 52.0 Å². The Balaban J connectivity index is 2.44. The van der Waals surface area contributed by atoms with E-state index in [1.165, 1.54) is 5.56 Å². The molecule has 0 saturated heterocycles. The maximum absolute atomic E-state index is 5.61. The van der Waals surface area contributed by atoms with Crippen molar-refractivity contribution < 1.29 is 4.52 Å².